The molecule has 5 heteroatoms. The Morgan fingerprint density at radius 3 is 2.81 bits per heavy atom. The summed E-state index contributed by atoms with van der Waals surface area (Å²) in [6.07, 6.45) is 3.91. The van der Waals surface area contributed by atoms with Gasteiger partial charge in [0, 0.05) is 5.56 Å². The lowest BCUT2D eigenvalue weighted by atomic mass is 9.89. The summed E-state index contributed by atoms with van der Waals surface area (Å²) in [5.41, 5.74) is 0.667. The number of fused-ring (bicyclic) bond motifs is 2. The van der Waals surface area contributed by atoms with E-state index in [0.717, 1.165) is 19.3 Å². The van der Waals surface area contributed by atoms with Gasteiger partial charge in [0.05, 0.1) is 24.5 Å². The monoisotopic (exact) mass is 284 g/mol. The molecular formula is C16H16N2O3. The highest BCUT2D eigenvalue weighted by Gasteiger charge is 2.43. The summed E-state index contributed by atoms with van der Waals surface area (Å²) >= 11 is 0. The second-order valence-electron chi connectivity index (χ2n) is 5.73. The van der Waals surface area contributed by atoms with E-state index in [1.807, 2.05) is 18.2 Å². The molecule has 2 aliphatic rings. The van der Waals surface area contributed by atoms with Crippen molar-refractivity contribution in [2.45, 2.75) is 43.8 Å². The maximum absolute atomic E-state index is 12.1. The Kier molecular flexibility index (Phi) is 3.07. The largest absolute Gasteiger partial charge is 0.374 e. The van der Waals surface area contributed by atoms with Crippen molar-refractivity contribution in [1.29, 1.82) is 0 Å². The molecule has 0 amide bonds. The molecule has 3 atom stereocenters. The SMILES string of the molecule is O=C(Cc1nc(C2CC3CCC2O3)no1)c1ccccc1. The molecule has 0 saturated carbocycles. The van der Waals surface area contributed by atoms with E-state index >= 15 is 0 Å². The molecule has 3 unspecified atom stereocenters. The van der Waals surface area contributed by atoms with Gasteiger partial charge >= 0.3 is 0 Å². The zero-order chi connectivity index (χ0) is 14.2. The summed E-state index contributed by atoms with van der Waals surface area (Å²) in [5.74, 6) is 1.31. The van der Waals surface area contributed by atoms with Crippen LogP contribution in [0.5, 0.6) is 0 Å². The van der Waals surface area contributed by atoms with Crippen LogP contribution in [0.25, 0.3) is 0 Å². The first kappa shape index (κ1) is 12.7. The fraction of sp³-hybridized carbons (Fsp3) is 0.438. The molecule has 4 rings (SSSR count). The average molecular weight is 284 g/mol. The number of rotatable bonds is 4. The van der Waals surface area contributed by atoms with Crippen LogP contribution in [0.2, 0.25) is 0 Å². The van der Waals surface area contributed by atoms with Gasteiger partial charge in [-0.15, -0.1) is 0 Å². The summed E-state index contributed by atoms with van der Waals surface area (Å²) in [5, 5.41) is 4.05. The molecule has 2 aromatic rings. The van der Waals surface area contributed by atoms with Crippen molar-refractivity contribution >= 4 is 5.78 Å². The number of carbonyl (C=O) groups is 1. The minimum Gasteiger partial charge on any atom is -0.374 e. The Labute approximate surface area is 122 Å². The molecule has 1 aromatic carbocycles. The van der Waals surface area contributed by atoms with Gasteiger partial charge < -0.3 is 9.26 Å². The predicted octanol–water partition coefficient (Wildman–Crippen LogP) is 2.53. The Bertz CT molecular complexity index is 653. The summed E-state index contributed by atoms with van der Waals surface area (Å²) in [6.45, 7) is 0. The second kappa shape index (κ2) is 5.07. The zero-order valence-electron chi connectivity index (χ0n) is 11.6. The van der Waals surface area contributed by atoms with E-state index in [1.54, 1.807) is 12.1 Å². The Hall–Kier alpha value is -2.01. The van der Waals surface area contributed by atoms with Crippen LogP contribution in [0.1, 0.15) is 47.3 Å². The van der Waals surface area contributed by atoms with Gasteiger partial charge in [-0.25, -0.2) is 0 Å². The van der Waals surface area contributed by atoms with Crippen molar-refractivity contribution in [1.82, 2.24) is 10.1 Å². The van der Waals surface area contributed by atoms with Crippen LogP contribution in [-0.2, 0) is 11.2 Å². The normalized spacial score (nSPS) is 27.1. The van der Waals surface area contributed by atoms with E-state index in [0.29, 0.717) is 23.4 Å². The van der Waals surface area contributed by atoms with Crippen molar-refractivity contribution in [2.75, 3.05) is 0 Å². The Morgan fingerprint density at radius 1 is 1.24 bits per heavy atom. The maximum atomic E-state index is 12.1. The van der Waals surface area contributed by atoms with Gasteiger partial charge in [0.25, 0.3) is 0 Å². The third kappa shape index (κ3) is 2.38. The number of ketones is 1. The fourth-order valence-corrected chi connectivity index (χ4v) is 3.26. The standard InChI is InChI=1S/C16H16N2O3/c19-13(10-4-2-1-3-5-10)9-15-17-16(18-21-15)12-8-11-6-7-14(12)20-11/h1-5,11-12,14H,6-9H2. The molecule has 2 saturated heterocycles. The van der Waals surface area contributed by atoms with Gasteiger partial charge in [-0.3, -0.25) is 4.79 Å². The van der Waals surface area contributed by atoms with Crippen molar-refractivity contribution in [3.05, 3.63) is 47.6 Å². The van der Waals surface area contributed by atoms with Crippen LogP contribution in [0.4, 0.5) is 0 Å². The van der Waals surface area contributed by atoms with E-state index in [1.165, 1.54) is 0 Å². The van der Waals surface area contributed by atoms with Crippen LogP contribution < -0.4 is 0 Å². The van der Waals surface area contributed by atoms with Gasteiger partial charge in [0.2, 0.25) is 5.89 Å². The zero-order valence-corrected chi connectivity index (χ0v) is 11.6. The summed E-state index contributed by atoms with van der Waals surface area (Å²) < 4.78 is 11.0. The molecule has 1 aromatic heterocycles. The second-order valence-corrected chi connectivity index (χ2v) is 5.73. The third-order valence-corrected chi connectivity index (χ3v) is 4.33. The van der Waals surface area contributed by atoms with Gasteiger partial charge in [0.15, 0.2) is 11.6 Å². The number of aromatic nitrogens is 2. The number of carbonyl (C=O) groups excluding carboxylic acids is 1. The molecule has 0 aliphatic carbocycles. The topological polar surface area (TPSA) is 65.2 Å². The Balaban J connectivity index is 1.47. The minimum absolute atomic E-state index is 0.00464. The van der Waals surface area contributed by atoms with E-state index < -0.39 is 0 Å². The first-order valence-electron chi connectivity index (χ1n) is 7.36. The maximum Gasteiger partial charge on any atom is 0.234 e. The van der Waals surface area contributed by atoms with E-state index in [4.69, 9.17) is 9.26 Å². The molecule has 0 radical (unpaired) electrons. The molecule has 2 aliphatic heterocycles. The lowest BCUT2D eigenvalue weighted by molar-refractivity contribution is 0.0981. The number of benzene rings is 1. The summed E-state index contributed by atoms with van der Waals surface area (Å²) in [4.78, 5) is 16.5. The highest BCUT2D eigenvalue weighted by atomic mass is 16.5. The molecular weight excluding hydrogens is 268 g/mol. The third-order valence-electron chi connectivity index (χ3n) is 4.33. The first-order chi connectivity index (χ1) is 10.3. The van der Waals surface area contributed by atoms with E-state index in [-0.39, 0.29) is 24.2 Å². The van der Waals surface area contributed by atoms with Crippen LogP contribution in [0.15, 0.2) is 34.9 Å². The number of hydrogen-bond donors (Lipinski definition) is 0. The summed E-state index contributed by atoms with van der Waals surface area (Å²) in [7, 11) is 0. The average Bonchev–Trinajstić information content (AvgIpc) is 3.24. The molecule has 2 bridgehead atoms. The lowest BCUT2D eigenvalue weighted by Gasteiger charge is -2.13. The van der Waals surface area contributed by atoms with Gasteiger partial charge in [0.1, 0.15) is 0 Å². The molecule has 108 valence electrons. The van der Waals surface area contributed by atoms with Crippen molar-refractivity contribution in [3.63, 3.8) is 0 Å². The van der Waals surface area contributed by atoms with Crippen LogP contribution in [0, 0.1) is 0 Å². The van der Waals surface area contributed by atoms with Crippen LogP contribution >= 0.6 is 0 Å². The van der Waals surface area contributed by atoms with Crippen molar-refractivity contribution < 1.29 is 14.1 Å². The minimum atomic E-state index is -0.00464. The highest BCUT2D eigenvalue weighted by Crippen LogP contribution is 2.43. The first-order valence-corrected chi connectivity index (χ1v) is 7.36. The van der Waals surface area contributed by atoms with Crippen molar-refractivity contribution in [3.8, 4) is 0 Å². The fourth-order valence-electron chi connectivity index (χ4n) is 3.26. The molecule has 5 nitrogen and oxygen atoms in total. The number of Topliss-reactive ketones (excluding diaryl/α,β-unsaturated/α-hetero) is 1. The van der Waals surface area contributed by atoms with Gasteiger partial charge in [-0.2, -0.15) is 4.98 Å². The molecule has 0 N–H and O–H groups in total. The summed E-state index contributed by atoms with van der Waals surface area (Å²) in [6, 6.07) is 9.17. The smallest absolute Gasteiger partial charge is 0.234 e. The lowest BCUT2D eigenvalue weighted by Crippen LogP contribution is -2.15. The molecule has 3 heterocycles. The van der Waals surface area contributed by atoms with Gasteiger partial charge in [-0.1, -0.05) is 35.5 Å². The number of nitrogens with zero attached hydrogens (tertiary/aromatic N) is 2. The van der Waals surface area contributed by atoms with Crippen LogP contribution in [-0.4, -0.2) is 28.1 Å². The van der Waals surface area contributed by atoms with Gasteiger partial charge in [-0.05, 0) is 19.3 Å². The predicted molar refractivity (Wildman–Crippen MR) is 74.0 cm³/mol. The number of ether oxygens (including phenoxy) is 1. The van der Waals surface area contributed by atoms with E-state index in [2.05, 4.69) is 10.1 Å². The molecule has 0 spiro atoms. The Morgan fingerprint density at radius 2 is 2.10 bits per heavy atom. The van der Waals surface area contributed by atoms with Crippen molar-refractivity contribution in [2.24, 2.45) is 0 Å². The molecule has 2 fully saturated rings. The number of hydrogen-bond acceptors (Lipinski definition) is 5. The molecule has 21 heavy (non-hydrogen) atoms. The van der Waals surface area contributed by atoms with Crippen LogP contribution in [0.3, 0.4) is 0 Å². The van der Waals surface area contributed by atoms with E-state index in [9.17, 15) is 4.79 Å². The quantitative estimate of drug-likeness (QED) is 0.807. The highest BCUT2D eigenvalue weighted by molar-refractivity contribution is 5.96.